The van der Waals surface area contributed by atoms with Gasteiger partial charge in [-0.3, -0.25) is 4.79 Å². The first-order chi connectivity index (χ1) is 14.0. The average Bonchev–Trinajstić information content (AvgIpc) is 2.71. The minimum absolute atomic E-state index is 0.0639. The molecule has 0 unspecified atom stereocenters. The van der Waals surface area contributed by atoms with Crippen LogP contribution in [-0.4, -0.2) is 28.9 Å². The van der Waals surface area contributed by atoms with Crippen molar-refractivity contribution >= 4 is 22.9 Å². The molecule has 3 rings (SSSR count). The lowest BCUT2D eigenvalue weighted by molar-refractivity contribution is 0.0952. The van der Waals surface area contributed by atoms with Gasteiger partial charge in [0, 0.05) is 5.56 Å². The lowest BCUT2D eigenvalue weighted by atomic mass is 10.1. The summed E-state index contributed by atoms with van der Waals surface area (Å²) in [5.74, 6) is -0.242. The van der Waals surface area contributed by atoms with E-state index in [0.717, 1.165) is 10.8 Å². The fourth-order valence-electron chi connectivity index (χ4n) is 2.98. The van der Waals surface area contributed by atoms with Gasteiger partial charge in [-0.15, -0.1) is 6.58 Å². The standard InChI is InChI=1S/C23H22N2O4/c1-3-7-18-10-15(11-21(22(18)27)29-4-2)14-24-25-23(28)19-12-16-8-5-6-9-17(16)13-20(19)26/h3,5-6,8-14,26-27H,1,4,7H2,2H3,(H,25,28)/b24-14+. The van der Waals surface area contributed by atoms with Crippen LogP contribution in [0.5, 0.6) is 17.2 Å². The number of nitrogens with zero attached hydrogens (tertiary/aromatic N) is 1. The fraction of sp³-hybridized carbons (Fsp3) is 0.130. The molecule has 0 saturated carbocycles. The van der Waals surface area contributed by atoms with Crippen molar-refractivity contribution in [3.63, 3.8) is 0 Å². The van der Waals surface area contributed by atoms with E-state index < -0.39 is 5.91 Å². The number of phenolic OH excluding ortho intramolecular Hbond substituents is 2. The largest absolute Gasteiger partial charge is 0.507 e. The predicted octanol–water partition coefficient (Wildman–Crippen LogP) is 4.14. The number of amides is 1. The zero-order valence-corrected chi connectivity index (χ0v) is 16.1. The van der Waals surface area contributed by atoms with E-state index in [4.69, 9.17) is 4.74 Å². The van der Waals surface area contributed by atoms with Crippen LogP contribution in [0.3, 0.4) is 0 Å². The van der Waals surface area contributed by atoms with E-state index in [-0.39, 0.29) is 17.1 Å². The second kappa shape index (κ2) is 8.93. The minimum atomic E-state index is -0.528. The van der Waals surface area contributed by atoms with E-state index in [1.54, 1.807) is 30.3 Å². The van der Waals surface area contributed by atoms with E-state index in [2.05, 4.69) is 17.1 Å². The number of allylic oxidation sites excluding steroid dienone is 1. The monoisotopic (exact) mass is 390 g/mol. The lowest BCUT2D eigenvalue weighted by Gasteiger charge is -2.11. The van der Waals surface area contributed by atoms with Crippen molar-refractivity contribution in [3.8, 4) is 17.2 Å². The number of benzene rings is 3. The molecule has 1 amide bonds. The van der Waals surface area contributed by atoms with Crippen LogP contribution in [-0.2, 0) is 6.42 Å². The molecule has 3 N–H and O–H groups in total. The van der Waals surface area contributed by atoms with Crippen LogP contribution in [0, 0.1) is 0 Å². The summed E-state index contributed by atoms with van der Waals surface area (Å²) in [5, 5.41) is 26.0. The Morgan fingerprint density at radius 1 is 1.17 bits per heavy atom. The lowest BCUT2D eigenvalue weighted by Crippen LogP contribution is -2.17. The molecule has 6 heteroatoms. The maximum Gasteiger partial charge on any atom is 0.275 e. The molecule has 148 valence electrons. The molecule has 29 heavy (non-hydrogen) atoms. The summed E-state index contributed by atoms with van der Waals surface area (Å²) in [6.45, 7) is 5.91. The predicted molar refractivity (Wildman–Crippen MR) is 114 cm³/mol. The van der Waals surface area contributed by atoms with E-state index in [9.17, 15) is 15.0 Å². The number of rotatable bonds is 7. The molecule has 0 radical (unpaired) electrons. The second-order valence-electron chi connectivity index (χ2n) is 6.37. The molecule has 0 aliphatic rings. The Hall–Kier alpha value is -3.80. The molecule has 3 aromatic carbocycles. The topological polar surface area (TPSA) is 91.2 Å². The maximum atomic E-state index is 12.4. The Balaban J connectivity index is 1.81. The van der Waals surface area contributed by atoms with Crippen molar-refractivity contribution in [2.24, 2.45) is 5.10 Å². The van der Waals surface area contributed by atoms with Gasteiger partial charge in [0.2, 0.25) is 0 Å². The molecule has 0 heterocycles. The van der Waals surface area contributed by atoms with Crippen LogP contribution >= 0.6 is 0 Å². The first kappa shape index (κ1) is 19.9. The SMILES string of the molecule is C=CCc1cc(/C=N/NC(=O)c2cc3ccccc3cc2O)cc(OCC)c1O. The van der Waals surface area contributed by atoms with Gasteiger partial charge >= 0.3 is 0 Å². The number of carbonyl (C=O) groups excluding carboxylic acids is 1. The van der Waals surface area contributed by atoms with Crippen molar-refractivity contribution < 1.29 is 19.7 Å². The fourth-order valence-corrected chi connectivity index (χ4v) is 2.98. The first-order valence-corrected chi connectivity index (χ1v) is 9.18. The van der Waals surface area contributed by atoms with Gasteiger partial charge in [-0.05, 0) is 53.9 Å². The third-order valence-corrected chi connectivity index (χ3v) is 4.33. The number of hydrogen-bond donors (Lipinski definition) is 3. The zero-order valence-electron chi connectivity index (χ0n) is 16.1. The van der Waals surface area contributed by atoms with Gasteiger partial charge in [0.1, 0.15) is 5.75 Å². The smallest absolute Gasteiger partial charge is 0.275 e. The summed E-state index contributed by atoms with van der Waals surface area (Å²) in [4.78, 5) is 12.4. The van der Waals surface area contributed by atoms with E-state index in [0.29, 0.717) is 29.9 Å². The van der Waals surface area contributed by atoms with Gasteiger partial charge in [-0.2, -0.15) is 5.10 Å². The summed E-state index contributed by atoms with van der Waals surface area (Å²) < 4.78 is 5.45. The van der Waals surface area contributed by atoms with Crippen LogP contribution in [0.15, 0.2) is 66.3 Å². The van der Waals surface area contributed by atoms with Gasteiger partial charge in [0.05, 0.1) is 18.4 Å². The molecule has 0 spiro atoms. The number of phenols is 2. The number of carbonyl (C=O) groups is 1. The molecule has 0 aromatic heterocycles. The third-order valence-electron chi connectivity index (χ3n) is 4.33. The molecule has 0 bridgehead atoms. The Morgan fingerprint density at radius 3 is 2.59 bits per heavy atom. The number of fused-ring (bicyclic) bond motifs is 1. The number of ether oxygens (including phenoxy) is 1. The van der Waals surface area contributed by atoms with Crippen molar-refractivity contribution in [3.05, 3.63) is 77.9 Å². The molecule has 6 nitrogen and oxygen atoms in total. The molecule has 0 atom stereocenters. The van der Waals surface area contributed by atoms with Crippen molar-refractivity contribution in [1.29, 1.82) is 0 Å². The average molecular weight is 390 g/mol. The summed E-state index contributed by atoms with van der Waals surface area (Å²) in [5.41, 5.74) is 3.84. The highest BCUT2D eigenvalue weighted by atomic mass is 16.5. The number of nitrogens with one attached hydrogen (secondary N) is 1. The molecule has 3 aromatic rings. The van der Waals surface area contributed by atoms with Crippen LogP contribution in [0.1, 0.15) is 28.4 Å². The highest BCUT2D eigenvalue weighted by Gasteiger charge is 2.12. The molecular weight excluding hydrogens is 368 g/mol. The van der Waals surface area contributed by atoms with Gasteiger partial charge in [0.25, 0.3) is 5.91 Å². The zero-order chi connectivity index (χ0) is 20.8. The summed E-state index contributed by atoms with van der Waals surface area (Å²) in [6, 6.07) is 14.0. The van der Waals surface area contributed by atoms with Gasteiger partial charge < -0.3 is 14.9 Å². The Labute approximate surface area is 168 Å². The van der Waals surface area contributed by atoms with Crippen molar-refractivity contribution in [2.75, 3.05) is 6.61 Å². The number of hydrogen-bond acceptors (Lipinski definition) is 5. The molecule has 0 aliphatic carbocycles. The third kappa shape index (κ3) is 4.55. The Bertz CT molecular complexity index is 1090. The van der Waals surface area contributed by atoms with Crippen LogP contribution in [0.2, 0.25) is 0 Å². The highest BCUT2D eigenvalue weighted by molar-refractivity contribution is 6.01. The van der Waals surface area contributed by atoms with Gasteiger partial charge in [0.15, 0.2) is 11.5 Å². The quantitative estimate of drug-likeness (QED) is 0.321. The van der Waals surface area contributed by atoms with Crippen molar-refractivity contribution in [1.82, 2.24) is 5.43 Å². The summed E-state index contributed by atoms with van der Waals surface area (Å²) in [6.07, 6.45) is 3.59. The van der Waals surface area contributed by atoms with Crippen LogP contribution in [0.25, 0.3) is 10.8 Å². The first-order valence-electron chi connectivity index (χ1n) is 9.18. The Kier molecular flexibility index (Phi) is 6.14. The molecule has 0 saturated heterocycles. The number of aromatic hydroxyl groups is 2. The minimum Gasteiger partial charge on any atom is -0.507 e. The van der Waals surface area contributed by atoms with E-state index >= 15 is 0 Å². The normalized spacial score (nSPS) is 10.9. The van der Waals surface area contributed by atoms with Crippen LogP contribution in [0.4, 0.5) is 0 Å². The number of hydrazone groups is 1. The second-order valence-corrected chi connectivity index (χ2v) is 6.37. The summed E-state index contributed by atoms with van der Waals surface area (Å²) in [7, 11) is 0. The van der Waals surface area contributed by atoms with E-state index in [1.807, 2.05) is 31.2 Å². The molecule has 0 fully saturated rings. The highest BCUT2D eigenvalue weighted by Crippen LogP contribution is 2.32. The van der Waals surface area contributed by atoms with Gasteiger partial charge in [-0.1, -0.05) is 30.3 Å². The van der Waals surface area contributed by atoms with E-state index in [1.165, 1.54) is 6.21 Å². The summed E-state index contributed by atoms with van der Waals surface area (Å²) >= 11 is 0. The Morgan fingerprint density at radius 2 is 1.90 bits per heavy atom. The van der Waals surface area contributed by atoms with Gasteiger partial charge in [-0.25, -0.2) is 5.43 Å². The maximum absolute atomic E-state index is 12.4. The van der Waals surface area contributed by atoms with Crippen molar-refractivity contribution in [2.45, 2.75) is 13.3 Å². The van der Waals surface area contributed by atoms with Crippen LogP contribution < -0.4 is 10.2 Å². The molecule has 0 aliphatic heterocycles. The molecular formula is C23H22N2O4.